The first-order valence-corrected chi connectivity index (χ1v) is 7.81. The van der Waals surface area contributed by atoms with Gasteiger partial charge in [0.2, 0.25) is 0 Å². The highest BCUT2D eigenvalue weighted by Gasteiger charge is 2.09. The second-order valence-corrected chi connectivity index (χ2v) is 5.68. The van der Waals surface area contributed by atoms with Crippen LogP contribution in [-0.2, 0) is 6.54 Å². The SMILES string of the molecule is CSc1ccc(C(=O)Cn2ccc3cc(F)ccc32)cc1. The van der Waals surface area contributed by atoms with E-state index in [1.807, 2.05) is 47.4 Å². The summed E-state index contributed by atoms with van der Waals surface area (Å²) in [5.74, 6) is -0.219. The van der Waals surface area contributed by atoms with E-state index in [2.05, 4.69) is 0 Å². The lowest BCUT2D eigenvalue weighted by Crippen LogP contribution is -2.09. The van der Waals surface area contributed by atoms with Gasteiger partial charge in [-0.05, 0) is 42.7 Å². The van der Waals surface area contributed by atoms with Crippen LogP contribution in [0.4, 0.5) is 4.39 Å². The fourth-order valence-corrected chi connectivity index (χ4v) is 2.74. The van der Waals surface area contributed by atoms with Gasteiger partial charge in [0.05, 0.1) is 6.54 Å². The quantitative estimate of drug-likeness (QED) is 0.526. The van der Waals surface area contributed by atoms with Crippen LogP contribution in [0.2, 0.25) is 0 Å². The van der Waals surface area contributed by atoms with E-state index >= 15 is 0 Å². The minimum Gasteiger partial charge on any atom is -0.340 e. The average molecular weight is 299 g/mol. The number of ketones is 1. The van der Waals surface area contributed by atoms with Crippen molar-refractivity contribution in [1.29, 1.82) is 0 Å². The van der Waals surface area contributed by atoms with Crippen LogP contribution in [0.5, 0.6) is 0 Å². The molecule has 0 N–H and O–H groups in total. The number of carbonyl (C=O) groups excluding carboxylic acids is 1. The lowest BCUT2D eigenvalue weighted by Gasteiger charge is -2.06. The van der Waals surface area contributed by atoms with Gasteiger partial charge in [0.15, 0.2) is 5.78 Å². The number of carbonyl (C=O) groups is 1. The number of fused-ring (bicyclic) bond motifs is 1. The van der Waals surface area contributed by atoms with Crippen molar-refractivity contribution in [2.45, 2.75) is 11.4 Å². The van der Waals surface area contributed by atoms with E-state index < -0.39 is 0 Å². The molecule has 0 aliphatic carbocycles. The van der Waals surface area contributed by atoms with Crippen molar-refractivity contribution in [2.24, 2.45) is 0 Å². The van der Waals surface area contributed by atoms with Crippen molar-refractivity contribution in [2.75, 3.05) is 6.26 Å². The van der Waals surface area contributed by atoms with E-state index in [-0.39, 0.29) is 18.1 Å². The average Bonchev–Trinajstić information content (AvgIpc) is 2.89. The summed E-state index contributed by atoms with van der Waals surface area (Å²) in [6, 6.07) is 14.0. The molecule has 0 amide bonds. The molecule has 0 saturated heterocycles. The molecule has 3 rings (SSSR count). The molecule has 1 aromatic heterocycles. The molecule has 0 radical (unpaired) electrons. The Labute approximate surface area is 126 Å². The van der Waals surface area contributed by atoms with Gasteiger partial charge < -0.3 is 4.57 Å². The van der Waals surface area contributed by atoms with E-state index in [4.69, 9.17) is 0 Å². The van der Waals surface area contributed by atoms with Gasteiger partial charge in [0.1, 0.15) is 5.82 Å². The van der Waals surface area contributed by atoms with E-state index in [0.29, 0.717) is 5.56 Å². The topological polar surface area (TPSA) is 22.0 Å². The summed E-state index contributed by atoms with van der Waals surface area (Å²) < 4.78 is 15.0. The van der Waals surface area contributed by atoms with Gasteiger partial charge in [0, 0.05) is 27.6 Å². The molecular formula is C17H14FNOS. The molecule has 0 aliphatic rings. The van der Waals surface area contributed by atoms with Gasteiger partial charge in [-0.3, -0.25) is 4.79 Å². The van der Waals surface area contributed by atoms with Crippen LogP contribution >= 0.6 is 11.8 Å². The van der Waals surface area contributed by atoms with Crippen LogP contribution in [0.15, 0.2) is 59.6 Å². The van der Waals surface area contributed by atoms with Gasteiger partial charge in [-0.25, -0.2) is 4.39 Å². The monoisotopic (exact) mass is 299 g/mol. The molecule has 0 fully saturated rings. The van der Waals surface area contributed by atoms with Crippen molar-refractivity contribution < 1.29 is 9.18 Å². The van der Waals surface area contributed by atoms with Gasteiger partial charge in [-0.1, -0.05) is 12.1 Å². The van der Waals surface area contributed by atoms with Crippen LogP contribution in [0, 0.1) is 5.82 Å². The number of Topliss-reactive ketones (excluding diaryl/α,β-unsaturated/α-hetero) is 1. The maximum absolute atomic E-state index is 13.2. The fraction of sp³-hybridized carbons (Fsp3) is 0.118. The van der Waals surface area contributed by atoms with E-state index in [9.17, 15) is 9.18 Å². The predicted octanol–water partition coefficient (Wildman–Crippen LogP) is 4.39. The molecule has 0 spiro atoms. The second kappa shape index (κ2) is 5.74. The first-order chi connectivity index (χ1) is 10.2. The van der Waals surface area contributed by atoms with Crippen LogP contribution in [-0.4, -0.2) is 16.6 Å². The number of hydrogen-bond acceptors (Lipinski definition) is 2. The van der Waals surface area contributed by atoms with Crippen molar-refractivity contribution in [1.82, 2.24) is 4.57 Å². The number of nitrogens with zero attached hydrogens (tertiary/aromatic N) is 1. The largest absolute Gasteiger partial charge is 0.340 e. The highest BCUT2D eigenvalue weighted by Crippen LogP contribution is 2.19. The zero-order valence-electron chi connectivity index (χ0n) is 11.5. The minimum absolute atomic E-state index is 0.0458. The second-order valence-electron chi connectivity index (χ2n) is 4.80. The molecule has 0 aliphatic heterocycles. The number of rotatable bonds is 4. The molecular weight excluding hydrogens is 285 g/mol. The van der Waals surface area contributed by atoms with Crippen molar-refractivity contribution >= 4 is 28.4 Å². The molecule has 106 valence electrons. The Morgan fingerprint density at radius 3 is 2.62 bits per heavy atom. The molecule has 0 atom stereocenters. The predicted molar refractivity (Wildman–Crippen MR) is 84.4 cm³/mol. The summed E-state index contributed by atoms with van der Waals surface area (Å²) in [4.78, 5) is 13.5. The Morgan fingerprint density at radius 2 is 1.90 bits per heavy atom. The third-order valence-electron chi connectivity index (χ3n) is 3.46. The summed E-state index contributed by atoms with van der Waals surface area (Å²) in [5, 5.41) is 0.806. The van der Waals surface area contributed by atoms with Crippen LogP contribution < -0.4 is 0 Å². The molecule has 2 aromatic carbocycles. The summed E-state index contributed by atoms with van der Waals surface area (Å²) in [6.45, 7) is 0.258. The van der Waals surface area contributed by atoms with Gasteiger partial charge in [-0.15, -0.1) is 11.8 Å². The Bertz CT molecular complexity index is 792. The summed E-state index contributed by atoms with van der Waals surface area (Å²) in [6.07, 6.45) is 3.82. The number of aromatic nitrogens is 1. The third kappa shape index (κ3) is 2.85. The Kier molecular flexibility index (Phi) is 3.80. The molecule has 1 heterocycles. The molecule has 3 aromatic rings. The third-order valence-corrected chi connectivity index (χ3v) is 4.20. The molecule has 4 heteroatoms. The molecule has 0 unspecified atom stereocenters. The number of benzene rings is 2. The Hall–Kier alpha value is -2.07. The summed E-state index contributed by atoms with van der Waals surface area (Å²) >= 11 is 1.65. The van der Waals surface area contributed by atoms with E-state index in [0.717, 1.165) is 15.8 Å². The van der Waals surface area contributed by atoms with E-state index in [1.165, 1.54) is 12.1 Å². The minimum atomic E-state index is -0.265. The summed E-state index contributed by atoms with van der Waals surface area (Å²) in [5.41, 5.74) is 1.56. The molecule has 0 bridgehead atoms. The zero-order valence-corrected chi connectivity index (χ0v) is 12.4. The zero-order chi connectivity index (χ0) is 14.8. The maximum atomic E-state index is 13.2. The van der Waals surface area contributed by atoms with Crippen molar-refractivity contribution in [3.63, 3.8) is 0 Å². The maximum Gasteiger partial charge on any atom is 0.182 e. The van der Waals surface area contributed by atoms with Gasteiger partial charge in [0.25, 0.3) is 0 Å². The molecule has 0 saturated carbocycles. The normalized spacial score (nSPS) is 11.0. The lowest BCUT2D eigenvalue weighted by molar-refractivity contribution is 0.0973. The van der Waals surface area contributed by atoms with Crippen molar-refractivity contribution in [3.05, 3.63) is 66.1 Å². The molecule has 21 heavy (non-hydrogen) atoms. The smallest absolute Gasteiger partial charge is 0.182 e. The first kappa shape index (κ1) is 13.9. The standard InChI is InChI=1S/C17H14FNOS/c1-21-15-5-2-12(3-6-15)17(20)11-19-9-8-13-10-14(18)4-7-16(13)19/h2-10H,11H2,1H3. The van der Waals surface area contributed by atoms with E-state index in [1.54, 1.807) is 17.8 Å². The lowest BCUT2D eigenvalue weighted by atomic mass is 10.1. The van der Waals surface area contributed by atoms with Crippen LogP contribution in [0.1, 0.15) is 10.4 Å². The van der Waals surface area contributed by atoms with Crippen LogP contribution in [0.3, 0.4) is 0 Å². The van der Waals surface area contributed by atoms with Crippen molar-refractivity contribution in [3.8, 4) is 0 Å². The highest BCUT2D eigenvalue weighted by atomic mass is 32.2. The van der Waals surface area contributed by atoms with Gasteiger partial charge >= 0.3 is 0 Å². The Balaban J connectivity index is 1.85. The number of halogens is 1. The molecule has 2 nitrogen and oxygen atoms in total. The number of thioether (sulfide) groups is 1. The number of hydrogen-bond donors (Lipinski definition) is 0. The van der Waals surface area contributed by atoms with Gasteiger partial charge in [-0.2, -0.15) is 0 Å². The fourth-order valence-electron chi connectivity index (χ4n) is 2.33. The highest BCUT2D eigenvalue weighted by molar-refractivity contribution is 7.98. The Morgan fingerprint density at radius 1 is 1.14 bits per heavy atom. The summed E-state index contributed by atoms with van der Waals surface area (Å²) in [7, 11) is 0. The first-order valence-electron chi connectivity index (χ1n) is 6.59. The van der Waals surface area contributed by atoms with Crippen LogP contribution in [0.25, 0.3) is 10.9 Å².